The third kappa shape index (κ3) is 11.0. The average Bonchev–Trinajstić information content (AvgIpc) is 3.43. The van der Waals surface area contributed by atoms with E-state index in [1.54, 1.807) is 4.90 Å². The van der Waals surface area contributed by atoms with Crippen molar-refractivity contribution < 1.29 is 33.4 Å². The molecule has 1 spiro atoms. The van der Waals surface area contributed by atoms with E-state index in [9.17, 15) is 19.2 Å². The number of imidazole rings is 1. The fraction of sp³-hybridized carbons (Fsp3) is 0.717. The zero-order valence-electron chi connectivity index (χ0n) is 37.6. The molecular formula is C46H71N5O7Si. The number of nitrogens with zero attached hydrogens (tertiary/aromatic N) is 4. The molecule has 326 valence electrons. The van der Waals surface area contributed by atoms with Gasteiger partial charge in [-0.3, -0.25) is 14.5 Å². The first-order valence-electron chi connectivity index (χ1n) is 22.3. The topological polar surface area (TPSA) is 132 Å². The summed E-state index contributed by atoms with van der Waals surface area (Å²) in [6, 6.07) is 7.14. The Labute approximate surface area is 353 Å². The number of nitrogens with one attached hydrogen (secondary N) is 1. The molecule has 2 saturated heterocycles. The highest BCUT2D eigenvalue weighted by Crippen LogP contribution is 2.60. The molecule has 12 nitrogen and oxygen atoms in total. The van der Waals surface area contributed by atoms with Crippen LogP contribution in [0.25, 0.3) is 11.3 Å². The van der Waals surface area contributed by atoms with Crippen LogP contribution in [0.4, 0.5) is 9.59 Å². The van der Waals surface area contributed by atoms with Crippen molar-refractivity contribution in [3.8, 4) is 11.3 Å². The van der Waals surface area contributed by atoms with Crippen LogP contribution in [0.1, 0.15) is 154 Å². The summed E-state index contributed by atoms with van der Waals surface area (Å²) in [6.45, 7) is 22.4. The highest BCUT2D eigenvalue weighted by Gasteiger charge is 2.59. The van der Waals surface area contributed by atoms with E-state index in [2.05, 4.69) is 47.7 Å². The van der Waals surface area contributed by atoms with Crippen LogP contribution in [0.5, 0.6) is 0 Å². The molecule has 59 heavy (non-hydrogen) atoms. The van der Waals surface area contributed by atoms with Gasteiger partial charge in [-0.25, -0.2) is 14.6 Å². The SMILES string of the molecule is CCC(=O)CCCCC[C@H](NC(=O)[C@H]1CC12CCN(C(=O)OC(C)(C)C)CC2)c1ncc(-c2ccc3c(c2)C2CCC3N2C(=O)OC(C)(C)C)n1COCC[Si](C)(C)C. The van der Waals surface area contributed by atoms with Crippen molar-refractivity contribution in [2.75, 3.05) is 19.7 Å². The summed E-state index contributed by atoms with van der Waals surface area (Å²) in [7, 11) is -1.35. The minimum atomic E-state index is -1.35. The van der Waals surface area contributed by atoms with Crippen molar-refractivity contribution in [3.05, 3.63) is 41.3 Å². The minimum absolute atomic E-state index is 0.00625. The molecule has 3 aliphatic heterocycles. The van der Waals surface area contributed by atoms with Crippen LogP contribution < -0.4 is 5.32 Å². The predicted octanol–water partition coefficient (Wildman–Crippen LogP) is 10.1. The van der Waals surface area contributed by atoms with Gasteiger partial charge in [0.15, 0.2) is 0 Å². The number of carbonyl (C=O) groups is 4. The van der Waals surface area contributed by atoms with Gasteiger partial charge in [0.25, 0.3) is 0 Å². The van der Waals surface area contributed by atoms with Crippen LogP contribution in [0.3, 0.4) is 0 Å². The standard InChI is InChI=1S/C46H71N5O7Si/c1-11-32(52)15-13-12-14-16-36(48-41(53)35-28-46(35)21-23-49(24-22-46)42(54)57-44(2,3)4)40-47-29-39(50(40)30-56-25-26-59(8,9)10)31-17-18-33-34(27-31)38-20-19-37(33)51(38)43(55)58-45(5,6)7/h17-18,27,29,35-38H,11-16,19-26,28,30H2,1-10H3,(H,48,53)/t35-,36+,37?,38?/m1/s1. The molecule has 6 rings (SSSR count). The molecule has 0 radical (unpaired) electrons. The van der Waals surface area contributed by atoms with Gasteiger partial charge in [-0.15, -0.1) is 0 Å². The molecule has 1 saturated carbocycles. The van der Waals surface area contributed by atoms with Gasteiger partial charge in [0.05, 0.1) is 30.0 Å². The van der Waals surface area contributed by atoms with E-state index in [1.165, 1.54) is 5.56 Å². The van der Waals surface area contributed by atoms with Crippen LogP contribution >= 0.6 is 0 Å². The number of piperidine rings is 1. The molecule has 2 bridgehead atoms. The fourth-order valence-corrected chi connectivity index (χ4v) is 9.94. The molecule has 4 atom stereocenters. The predicted molar refractivity (Wildman–Crippen MR) is 231 cm³/mol. The molecule has 2 aromatic rings. The van der Waals surface area contributed by atoms with Gasteiger partial charge < -0.3 is 29.0 Å². The molecule has 1 aliphatic carbocycles. The normalized spacial score (nSPS) is 21.4. The van der Waals surface area contributed by atoms with Gasteiger partial charge in [0, 0.05) is 52.1 Å². The highest BCUT2D eigenvalue weighted by atomic mass is 28.3. The Kier molecular flexibility index (Phi) is 13.5. The molecule has 1 aromatic carbocycles. The van der Waals surface area contributed by atoms with Gasteiger partial charge in [0.2, 0.25) is 5.91 Å². The van der Waals surface area contributed by atoms with Crippen molar-refractivity contribution >= 4 is 32.0 Å². The van der Waals surface area contributed by atoms with Crippen molar-refractivity contribution in [1.82, 2.24) is 24.7 Å². The Morgan fingerprint density at radius 2 is 1.58 bits per heavy atom. The number of carbonyl (C=O) groups excluding carboxylic acids is 4. The molecule has 3 fully saturated rings. The smallest absolute Gasteiger partial charge is 0.411 e. The first kappa shape index (κ1) is 44.8. The number of hydrogen-bond acceptors (Lipinski definition) is 8. The molecule has 3 amide bonds. The average molecular weight is 834 g/mol. The molecule has 1 aromatic heterocycles. The van der Waals surface area contributed by atoms with E-state index >= 15 is 0 Å². The number of unbranched alkanes of at least 4 members (excludes halogenated alkanes) is 2. The van der Waals surface area contributed by atoms with Crippen LogP contribution in [-0.2, 0) is 30.5 Å². The van der Waals surface area contributed by atoms with Gasteiger partial charge in [0.1, 0.15) is 29.5 Å². The van der Waals surface area contributed by atoms with Crippen LogP contribution in [0.2, 0.25) is 25.7 Å². The molecule has 1 N–H and O–H groups in total. The van der Waals surface area contributed by atoms with Gasteiger partial charge >= 0.3 is 12.2 Å². The molecule has 4 aliphatic rings. The van der Waals surface area contributed by atoms with E-state index in [0.29, 0.717) is 45.7 Å². The number of amides is 3. The molecular weight excluding hydrogens is 763 g/mol. The van der Waals surface area contributed by atoms with E-state index in [-0.39, 0.29) is 53.3 Å². The summed E-state index contributed by atoms with van der Waals surface area (Å²) in [5.74, 6) is 0.953. The number of Topliss-reactive ketones (excluding diaryl/α,β-unsaturated/α-hetero) is 1. The third-order valence-electron chi connectivity index (χ3n) is 12.6. The third-order valence-corrected chi connectivity index (χ3v) is 14.3. The van der Waals surface area contributed by atoms with Crippen LogP contribution in [-0.4, -0.2) is 82.2 Å². The van der Waals surface area contributed by atoms with E-state index in [1.807, 2.05) is 59.6 Å². The summed E-state index contributed by atoms with van der Waals surface area (Å²) in [6.07, 6.45) is 9.87. The number of likely N-dealkylation sites (tertiary alicyclic amines) is 1. The highest BCUT2D eigenvalue weighted by molar-refractivity contribution is 6.76. The molecule has 13 heteroatoms. The number of benzene rings is 1. The Balaban J connectivity index is 1.24. The maximum atomic E-state index is 14.2. The monoisotopic (exact) mass is 834 g/mol. The summed E-state index contributed by atoms with van der Waals surface area (Å²) in [5.41, 5.74) is 3.00. The molecule has 2 unspecified atom stereocenters. The fourth-order valence-electron chi connectivity index (χ4n) is 9.18. The minimum Gasteiger partial charge on any atom is -0.444 e. The Morgan fingerprint density at radius 1 is 0.915 bits per heavy atom. The first-order valence-corrected chi connectivity index (χ1v) is 26.0. The summed E-state index contributed by atoms with van der Waals surface area (Å²) < 4.78 is 20.0. The van der Waals surface area contributed by atoms with E-state index < -0.39 is 19.3 Å². The van der Waals surface area contributed by atoms with Crippen molar-refractivity contribution in [3.63, 3.8) is 0 Å². The van der Waals surface area contributed by atoms with Crippen molar-refractivity contribution in [1.29, 1.82) is 0 Å². The van der Waals surface area contributed by atoms with Gasteiger partial charge in [-0.05, 0) is 115 Å². The van der Waals surface area contributed by atoms with Gasteiger partial charge in [-0.2, -0.15) is 0 Å². The quantitative estimate of drug-likeness (QED) is 0.131. The zero-order valence-corrected chi connectivity index (χ0v) is 38.6. The summed E-state index contributed by atoms with van der Waals surface area (Å²) >= 11 is 0. The lowest BCUT2D eigenvalue weighted by Crippen LogP contribution is -2.43. The molecule has 4 heterocycles. The zero-order chi connectivity index (χ0) is 42.9. The lowest BCUT2D eigenvalue weighted by atomic mass is 9.90. The number of ether oxygens (including phenoxy) is 3. The lowest BCUT2D eigenvalue weighted by molar-refractivity contribution is -0.124. The summed E-state index contributed by atoms with van der Waals surface area (Å²) in [4.78, 5) is 61.3. The largest absolute Gasteiger partial charge is 0.444 e. The second kappa shape index (κ2) is 17.7. The van der Waals surface area contributed by atoms with Crippen molar-refractivity contribution in [2.45, 2.75) is 181 Å². The van der Waals surface area contributed by atoms with E-state index in [0.717, 1.165) is 80.1 Å². The maximum Gasteiger partial charge on any atom is 0.411 e. The summed E-state index contributed by atoms with van der Waals surface area (Å²) in [5, 5.41) is 3.46. The van der Waals surface area contributed by atoms with Crippen molar-refractivity contribution in [2.24, 2.45) is 11.3 Å². The Morgan fingerprint density at radius 3 is 2.22 bits per heavy atom. The second-order valence-corrected chi connectivity index (χ2v) is 26.4. The number of ketones is 1. The van der Waals surface area contributed by atoms with Gasteiger partial charge in [-0.1, -0.05) is 51.5 Å². The Hall–Kier alpha value is -3.71. The van der Waals surface area contributed by atoms with Crippen LogP contribution in [0, 0.1) is 11.3 Å². The number of aromatic nitrogens is 2. The number of fused-ring (bicyclic) bond motifs is 5. The Bertz CT molecular complexity index is 1850. The number of rotatable bonds is 16. The number of hydrogen-bond donors (Lipinski definition) is 1. The van der Waals surface area contributed by atoms with E-state index in [4.69, 9.17) is 19.2 Å². The van der Waals surface area contributed by atoms with Crippen LogP contribution in [0.15, 0.2) is 24.4 Å². The first-order chi connectivity index (χ1) is 27.7. The second-order valence-electron chi connectivity index (χ2n) is 20.8. The lowest BCUT2D eigenvalue weighted by Gasteiger charge is -2.34. The maximum absolute atomic E-state index is 14.2.